The van der Waals surface area contributed by atoms with Crippen LogP contribution in [0.5, 0.6) is 0 Å². The van der Waals surface area contributed by atoms with Crippen molar-refractivity contribution in [2.24, 2.45) is 0 Å². The maximum atomic E-state index is 12.3. The first kappa shape index (κ1) is 12.6. The molecule has 0 aliphatic carbocycles. The highest BCUT2D eigenvalue weighted by molar-refractivity contribution is 6.30. The molecule has 1 aromatic carbocycles. The molecule has 2 rings (SSSR count). The number of nitrogens with one attached hydrogen (secondary N) is 1. The first-order valence-corrected chi connectivity index (χ1v) is 6.00. The Morgan fingerprint density at radius 2 is 1.78 bits per heavy atom. The van der Waals surface area contributed by atoms with E-state index in [4.69, 9.17) is 11.6 Å². The van der Waals surface area contributed by atoms with Crippen LogP contribution in [0.1, 0.15) is 25.3 Å². The average molecular weight is 265 g/mol. The highest BCUT2D eigenvalue weighted by atomic mass is 35.5. The molecule has 1 aromatic heterocycles. The lowest BCUT2D eigenvalue weighted by molar-refractivity contribution is 0.777. The van der Waals surface area contributed by atoms with Gasteiger partial charge in [-0.05, 0) is 18.1 Å². The van der Waals surface area contributed by atoms with Gasteiger partial charge in [0.25, 0.3) is 5.56 Å². The molecule has 0 fully saturated rings. The minimum Gasteiger partial charge on any atom is -0.297 e. The number of hydrogen-bond donors (Lipinski definition) is 1. The van der Waals surface area contributed by atoms with E-state index in [0.29, 0.717) is 11.3 Å². The van der Waals surface area contributed by atoms with Crippen LogP contribution >= 0.6 is 11.6 Å². The lowest BCUT2D eigenvalue weighted by Gasteiger charge is -2.10. The van der Waals surface area contributed by atoms with Crippen LogP contribution in [0.2, 0.25) is 5.15 Å². The molecule has 0 saturated carbocycles. The molecule has 4 nitrogen and oxygen atoms in total. The van der Waals surface area contributed by atoms with Crippen molar-refractivity contribution in [2.75, 3.05) is 0 Å². The molecule has 0 spiro atoms. The molecular weight excluding hydrogens is 252 g/mol. The van der Waals surface area contributed by atoms with Gasteiger partial charge in [-0.15, -0.1) is 0 Å². The number of aromatic amines is 1. The van der Waals surface area contributed by atoms with Crippen LogP contribution in [-0.4, -0.2) is 9.55 Å². The molecule has 0 radical (unpaired) electrons. The van der Waals surface area contributed by atoms with Crippen molar-refractivity contribution in [3.05, 3.63) is 61.9 Å². The van der Waals surface area contributed by atoms with Gasteiger partial charge in [-0.3, -0.25) is 9.78 Å². The fraction of sp³-hybridized carbons (Fsp3) is 0.231. The molecule has 0 amide bonds. The summed E-state index contributed by atoms with van der Waals surface area (Å²) < 4.78 is 1.10. The van der Waals surface area contributed by atoms with Gasteiger partial charge in [0.05, 0.1) is 11.3 Å². The maximum Gasteiger partial charge on any atom is 0.334 e. The summed E-state index contributed by atoms with van der Waals surface area (Å²) >= 11 is 5.92. The third-order valence-corrected chi connectivity index (χ3v) is 2.98. The molecule has 1 N–H and O–H groups in total. The van der Waals surface area contributed by atoms with Gasteiger partial charge in [-0.1, -0.05) is 43.6 Å². The number of para-hydroxylation sites is 1. The molecule has 0 bridgehead atoms. The van der Waals surface area contributed by atoms with Crippen LogP contribution < -0.4 is 11.2 Å². The van der Waals surface area contributed by atoms with E-state index in [-0.39, 0.29) is 16.6 Å². The van der Waals surface area contributed by atoms with Crippen molar-refractivity contribution >= 4 is 11.6 Å². The van der Waals surface area contributed by atoms with E-state index in [9.17, 15) is 9.59 Å². The van der Waals surface area contributed by atoms with Crippen LogP contribution in [0, 0.1) is 0 Å². The maximum absolute atomic E-state index is 12.3. The molecule has 0 saturated heterocycles. The van der Waals surface area contributed by atoms with Crippen LogP contribution in [0.3, 0.4) is 0 Å². The highest BCUT2D eigenvalue weighted by Gasteiger charge is 2.16. The van der Waals surface area contributed by atoms with E-state index in [1.807, 2.05) is 19.9 Å². The summed E-state index contributed by atoms with van der Waals surface area (Å²) in [5, 5.41) is 0.118. The molecule has 0 aliphatic heterocycles. The van der Waals surface area contributed by atoms with Crippen molar-refractivity contribution in [3.8, 4) is 5.69 Å². The lowest BCUT2D eigenvalue weighted by Crippen LogP contribution is -2.36. The Labute approximate surface area is 109 Å². The largest absolute Gasteiger partial charge is 0.334 e. The smallest absolute Gasteiger partial charge is 0.297 e. The van der Waals surface area contributed by atoms with Crippen LogP contribution in [-0.2, 0) is 0 Å². The van der Waals surface area contributed by atoms with Crippen LogP contribution in [0.25, 0.3) is 5.69 Å². The first-order chi connectivity index (χ1) is 8.52. The molecule has 0 aliphatic rings. The molecule has 0 atom stereocenters. The second-order valence-corrected chi connectivity index (χ2v) is 4.67. The van der Waals surface area contributed by atoms with E-state index >= 15 is 0 Å². The SMILES string of the molecule is CC(C)c1c(Cl)[nH]c(=O)n(-c2ccccc2)c1=O. The van der Waals surface area contributed by atoms with E-state index < -0.39 is 5.69 Å². The van der Waals surface area contributed by atoms with Gasteiger partial charge in [-0.25, -0.2) is 9.36 Å². The zero-order chi connectivity index (χ0) is 13.3. The molecule has 1 heterocycles. The van der Waals surface area contributed by atoms with E-state index in [0.717, 1.165) is 4.57 Å². The van der Waals surface area contributed by atoms with Crippen molar-refractivity contribution in [3.63, 3.8) is 0 Å². The number of benzene rings is 1. The summed E-state index contributed by atoms with van der Waals surface area (Å²) in [6.45, 7) is 3.71. The number of nitrogens with zero attached hydrogens (tertiary/aromatic N) is 1. The second-order valence-electron chi connectivity index (χ2n) is 4.29. The zero-order valence-electron chi connectivity index (χ0n) is 10.1. The monoisotopic (exact) mass is 264 g/mol. The van der Waals surface area contributed by atoms with Crippen molar-refractivity contribution in [2.45, 2.75) is 19.8 Å². The molecule has 18 heavy (non-hydrogen) atoms. The molecule has 94 valence electrons. The topological polar surface area (TPSA) is 54.9 Å². The van der Waals surface area contributed by atoms with Gasteiger partial charge in [0.15, 0.2) is 0 Å². The Hall–Kier alpha value is -1.81. The fourth-order valence-corrected chi connectivity index (χ4v) is 2.22. The van der Waals surface area contributed by atoms with Gasteiger partial charge in [-0.2, -0.15) is 0 Å². The molecule has 0 unspecified atom stereocenters. The summed E-state index contributed by atoms with van der Waals surface area (Å²) in [6, 6.07) is 8.76. The minimum absolute atomic E-state index is 0.0585. The minimum atomic E-state index is -0.527. The second kappa shape index (κ2) is 4.82. The van der Waals surface area contributed by atoms with E-state index in [1.54, 1.807) is 24.3 Å². The Morgan fingerprint density at radius 1 is 1.17 bits per heavy atom. The number of hydrogen-bond acceptors (Lipinski definition) is 2. The van der Waals surface area contributed by atoms with Gasteiger partial charge >= 0.3 is 5.69 Å². The van der Waals surface area contributed by atoms with E-state index in [1.165, 1.54) is 0 Å². The van der Waals surface area contributed by atoms with Crippen molar-refractivity contribution in [1.29, 1.82) is 0 Å². The third kappa shape index (κ3) is 2.11. The normalized spacial score (nSPS) is 10.9. The van der Waals surface area contributed by atoms with Crippen LogP contribution in [0.4, 0.5) is 0 Å². The van der Waals surface area contributed by atoms with Crippen molar-refractivity contribution < 1.29 is 0 Å². The van der Waals surface area contributed by atoms with E-state index in [2.05, 4.69) is 4.98 Å². The Kier molecular flexibility index (Phi) is 3.39. The quantitative estimate of drug-likeness (QED) is 0.846. The first-order valence-electron chi connectivity index (χ1n) is 5.62. The number of aromatic nitrogens is 2. The summed E-state index contributed by atoms with van der Waals surface area (Å²) in [4.78, 5) is 26.7. The Morgan fingerprint density at radius 3 is 2.33 bits per heavy atom. The van der Waals surface area contributed by atoms with Gasteiger partial charge in [0.1, 0.15) is 5.15 Å². The summed E-state index contributed by atoms with van der Waals surface area (Å²) in [7, 11) is 0. The number of H-pyrrole nitrogens is 1. The lowest BCUT2D eigenvalue weighted by atomic mass is 10.1. The number of rotatable bonds is 2. The standard InChI is InChI=1S/C13H13ClN2O2/c1-8(2)10-11(14)15-13(18)16(12(10)17)9-6-4-3-5-7-9/h3-8H,1-2H3,(H,15,18). The fourth-order valence-electron chi connectivity index (χ4n) is 1.84. The van der Waals surface area contributed by atoms with Crippen LogP contribution in [0.15, 0.2) is 39.9 Å². The number of halogens is 1. The molecular formula is C13H13ClN2O2. The predicted molar refractivity (Wildman–Crippen MR) is 71.8 cm³/mol. The zero-order valence-corrected chi connectivity index (χ0v) is 10.9. The average Bonchev–Trinajstić information content (AvgIpc) is 2.28. The molecule has 2 aromatic rings. The Balaban J connectivity index is 2.81. The summed E-state index contributed by atoms with van der Waals surface area (Å²) in [5.41, 5.74) is 0.0491. The van der Waals surface area contributed by atoms with Gasteiger partial charge in [0, 0.05) is 0 Å². The predicted octanol–water partition coefficient (Wildman–Crippen LogP) is 2.30. The summed E-state index contributed by atoms with van der Waals surface area (Å²) in [5.74, 6) is -0.0585. The molecule has 5 heteroatoms. The Bertz CT molecular complexity index is 672. The summed E-state index contributed by atoms with van der Waals surface area (Å²) in [6.07, 6.45) is 0. The van der Waals surface area contributed by atoms with Crippen molar-refractivity contribution in [1.82, 2.24) is 9.55 Å². The third-order valence-electron chi connectivity index (χ3n) is 2.68. The highest BCUT2D eigenvalue weighted by Crippen LogP contribution is 2.17. The van der Waals surface area contributed by atoms with Gasteiger partial charge < -0.3 is 0 Å². The van der Waals surface area contributed by atoms with Gasteiger partial charge in [0.2, 0.25) is 0 Å².